The fourth-order valence-corrected chi connectivity index (χ4v) is 3.09. The molecule has 3 rings (SSSR count). The van der Waals surface area contributed by atoms with Gasteiger partial charge in [-0.2, -0.15) is 0 Å². The van der Waals surface area contributed by atoms with Crippen molar-refractivity contribution in [1.29, 1.82) is 0 Å². The van der Waals surface area contributed by atoms with Gasteiger partial charge in [0.1, 0.15) is 5.76 Å². The summed E-state index contributed by atoms with van der Waals surface area (Å²) < 4.78 is 5.05. The minimum Gasteiger partial charge on any atom is -0.360 e. The van der Waals surface area contributed by atoms with Gasteiger partial charge in [-0.25, -0.2) is 0 Å². The molecule has 0 unspecified atom stereocenters. The van der Waals surface area contributed by atoms with Crippen molar-refractivity contribution in [2.45, 2.75) is 19.8 Å². The Morgan fingerprint density at radius 2 is 1.61 bits per heavy atom. The number of amides is 2. The normalized spacial score (nSPS) is 10.7. The van der Waals surface area contributed by atoms with Gasteiger partial charge in [-0.3, -0.25) is 14.5 Å². The largest absolute Gasteiger partial charge is 0.360 e. The van der Waals surface area contributed by atoms with E-state index in [1.54, 1.807) is 13.0 Å². The van der Waals surface area contributed by atoms with Crippen LogP contribution < -0.4 is 10.2 Å². The summed E-state index contributed by atoms with van der Waals surface area (Å²) in [6, 6.07) is 21.0. The number of hydrogen-bond acceptors (Lipinski definition) is 4. The number of hydrogen-bond donors (Lipinski definition) is 1. The van der Waals surface area contributed by atoms with Crippen LogP contribution in [0, 0.1) is 6.92 Å². The highest BCUT2D eigenvalue weighted by Crippen LogP contribution is 2.24. The standard InChI is InChI=1S/C22H23N3O3/c1-16-15-20(24-28-16)25(17(2)26)14-13-23-22(27)21(18-9-5-3-6-10-18)19-11-7-4-8-12-19/h3-12,15,21H,13-14H2,1-2H3,(H,23,27). The van der Waals surface area contributed by atoms with Crippen molar-refractivity contribution in [2.24, 2.45) is 0 Å². The summed E-state index contributed by atoms with van der Waals surface area (Å²) in [5.74, 6) is 0.380. The van der Waals surface area contributed by atoms with Crippen molar-refractivity contribution < 1.29 is 14.1 Å². The Labute approximate surface area is 164 Å². The van der Waals surface area contributed by atoms with E-state index in [1.807, 2.05) is 60.7 Å². The lowest BCUT2D eigenvalue weighted by Gasteiger charge is -2.21. The first-order valence-corrected chi connectivity index (χ1v) is 9.15. The van der Waals surface area contributed by atoms with Crippen molar-refractivity contribution in [3.8, 4) is 0 Å². The summed E-state index contributed by atoms with van der Waals surface area (Å²) in [4.78, 5) is 26.4. The number of rotatable bonds is 7. The van der Waals surface area contributed by atoms with Crippen LogP contribution in [0.25, 0.3) is 0 Å². The van der Waals surface area contributed by atoms with E-state index >= 15 is 0 Å². The summed E-state index contributed by atoms with van der Waals surface area (Å²) in [6.07, 6.45) is 0. The number of aryl methyl sites for hydroxylation is 1. The Morgan fingerprint density at radius 3 is 2.07 bits per heavy atom. The van der Waals surface area contributed by atoms with E-state index in [9.17, 15) is 9.59 Å². The van der Waals surface area contributed by atoms with Gasteiger partial charge in [-0.05, 0) is 18.1 Å². The molecule has 0 aliphatic heterocycles. The predicted octanol–water partition coefficient (Wildman–Crippen LogP) is 3.28. The van der Waals surface area contributed by atoms with Crippen LogP contribution in [0.15, 0.2) is 71.3 Å². The minimum atomic E-state index is -0.414. The Morgan fingerprint density at radius 1 is 1.04 bits per heavy atom. The molecule has 28 heavy (non-hydrogen) atoms. The van der Waals surface area contributed by atoms with Crippen LogP contribution in [0.5, 0.6) is 0 Å². The van der Waals surface area contributed by atoms with E-state index < -0.39 is 5.92 Å². The topological polar surface area (TPSA) is 75.4 Å². The molecule has 0 saturated heterocycles. The molecule has 0 aliphatic carbocycles. The van der Waals surface area contributed by atoms with E-state index in [0.29, 0.717) is 24.7 Å². The summed E-state index contributed by atoms with van der Waals surface area (Å²) in [7, 11) is 0. The van der Waals surface area contributed by atoms with Crippen LogP contribution in [0.1, 0.15) is 29.7 Å². The highest BCUT2D eigenvalue weighted by Gasteiger charge is 2.23. The van der Waals surface area contributed by atoms with Crippen molar-refractivity contribution in [3.05, 3.63) is 83.6 Å². The second kappa shape index (κ2) is 8.99. The zero-order valence-electron chi connectivity index (χ0n) is 16.0. The molecule has 1 aromatic heterocycles. The third-order valence-electron chi connectivity index (χ3n) is 4.43. The average Bonchev–Trinajstić information content (AvgIpc) is 3.12. The number of carbonyl (C=O) groups is 2. The zero-order valence-corrected chi connectivity index (χ0v) is 16.0. The first-order valence-electron chi connectivity index (χ1n) is 9.15. The number of anilines is 1. The predicted molar refractivity (Wildman–Crippen MR) is 107 cm³/mol. The molecule has 0 aliphatic rings. The van der Waals surface area contributed by atoms with Gasteiger partial charge < -0.3 is 9.84 Å². The first-order chi connectivity index (χ1) is 13.6. The molecule has 3 aromatic rings. The van der Waals surface area contributed by atoms with Crippen molar-refractivity contribution in [3.63, 3.8) is 0 Å². The highest BCUT2D eigenvalue weighted by molar-refractivity contribution is 5.91. The quantitative estimate of drug-likeness (QED) is 0.686. The van der Waals surface area contributed by atoms with Crippen LogP contribution in [0.4, 0.5) is 5.82 Å². The summed E-state index contributed by atoms with van der Waals surface area (Å²) in [6.45, 7) is 3.84. The Hall–Kier alpha value is -3.41. The second-order valence-electron chi connectivity index (χ2n) is 6.51. The van der Waals surface area contributed by atoms with Crippen molar-refractivity contribution in [2.75, 3.05) is 18.0 Å². The fraction of sp³-hybridized carbons (Fsp3) is 0.227. The molecule has 1 N–H and O–H groups in total. The van der Waals surface area contributed by atoms with E-state index in [-0.39, 0.29) is 11.8 Å². The Bertz CT molecular complexity index is 883. The van der Waals surface area contributed by atoms with Crippen LogP contribution in [-0.4, -0.2) is 30.1 Å². The number of aromatic nitrogens is 1. The van der Waals surface area contributed by atoms with E-state index in [4.69, 9.17) is 4.52 Å². The lowest BCUT2D eigenvalue weighted by atomic mass is 9.90. The van der Waals surface area contributed by atoms with Gasteiger partial charge in [-0.15, -0.1) is 0 Å². The highest BCUT2D eigenvalue weighted by atomic mass is 16.5. The lowest BCUT2D eigenvalue weighted by Crippen LogP contribution is -2.39. The van der Waals surface area contributed by atoms with Gasteiger partial charge in [0.2, 0.25) is 11.8 Å². The van der Waals surface area contributed by atoms with Crippen LogP contribution in [-0.2, 0) is 9.59 Å². The molecule has 0 saturated carbocycles. The third kappa shape index (κ3) is 4.65. The summed E-state index contributed by atoms with van der Waals surface area (Å²) >= 11 is 0. The summed E-state index contributed by atoms with van der Waals surface area (Å²) in [5, 5.41) is 6.83. The van der Waals surface area contributed by atoms with Gasteiger partial charge >= 0.3 is 0 Å². The number of benzene rings is 2. The molecule has 0 bridgehead atoms. The minimum absolute atomic E-state index is 0.114. The molecule has 2 amide bonds. The van der Waals surface area contributed by atoms with Crippen LogP contribution in [0.3, 0.4) is 0 Å². The van der Waals surface area contributed by atoms with E-state index in [1.165, 1.54) is 11.8 Å². The van der Waals surface area contributed by atoms with Crippen LogP contribution in [0.2, 0.25) is 0 Å². The maximum atomic E-state index is 13.0. The number of carbonyl (C=O) groups excluding carboxylic acids is 2. The van der Waals surface area contributed by atoms with Gasteiger partial charge in [-0.1, -0.05) is 65.8 Å². The molecule has 2 aromatic carbocycles. The molecular formula is C22H23N3O3. The van der Waals surface area contributed by atoms with Gasteiger partial charge in [0, 0.05) is 26.1 Å². The lowest BCUT2D eigenvalue weighted by molar-refractivity contribution is -0.122. The smallest absolute Gasteiger partial charge is 0.232 e. The van der Waals surface area contributed by atoms with E-state index in [0.717, 1.165) is 11.1 Å². The SMILES string of the molecule is CC(=O)N(CCNC(=O)C(c1ccccc1)c1ccccc1)c1cc(C)on1. The maximum absolute atomic E-state index is 13.0. The maximum Gasteiger partial charge on any atom is 0.232 e. The monoisotopic (exact) mass is 377 g/mol. The molecular weight excluding hydrogens is 354 g/mol. The Kier molecular flexibility index (Phi) is 6.22. The molecule has 0 spiro atoms. The average molecular weight is 377 g/mol. The van der Waals surface area contributed by atoms with Crippen molar-refractivity contribution in [1.82, 2.24) is 10.5 Å². The Balaban J connectivity index is 1.71. The molecule has 6 heteroatoms. The fourth-order valence-electron chi connectivity index (χ4n) is 3.09. The molecule has 0 fully saturated rings. The van der Waals surface area contributed by atoms with Gasteiger partial charge in [0.05, 0.1) is 5.92 Å². The molecule has 0 atom stereocenters. The van der Waals surface area contributed by atoms with Crippen molar-refractivity contribution >= 4 is 17.6 Å². The molecule has 144 valence electrons. The zero-order chi connectivity index (χ0) is 19.9. The van der Waals surface area contributed by atoms with E-state index in [2.05, 4.69) is 10.5 Å². The van der Waals surface area contributed by atoms with Gasteiger partial charge in [0.25, 0.3) is 0 Å². The molecule has 6 nitrogen and oxygen atoms in total. The number of nitrogens with one attached hydrogen (secondary N) is 1. The summed E-state index contributed by atoms with van der Waals surface area (Å²) in [5.41, 5.74) is 1.84. The third-order valence-corrected chi connectivity index (χ3v) is 4.43. The second-order valence-corrected chi connectivity index (χ2v) is 6.51. The first kappa shape index (κ1) is 19.4. The molecule has 1 heterocycles. The van der Waals surface area contributed by atoms with Crippen LogP contribution >= 0.6 is 0 Å². The molecule has 0 radical (unpaired) electrons. The number of nitrogens with zero attached hydrogens (tertiary/aromatic N) is 2. The van der Waals surface area contributed by atoms with Gasteiger partial charge in [0.15, 0.2) is 5.82 Å².